The average Bonchev–Trinajstić information content (AvgIpc) is 2.46. The molecule has 0 aromatic heterocycles. The topological polar surface area (TPSA) is 38.8 Å². The molecule has 3 heteroatoms. The van der Waals surface area contributed by atoms with Gasteiger partial charge in [0.15, 0.2) is 0 Å². The van der Waals surface area contributed by atoms with E-state index in [0.717, 1.165) is 6.42 Å². The van der Waals surface area contributed by atoms with Crippen LogP contribution in [0.3, 0.4) is 0 Å². The zero-order valence-electron chi connectivity index (χ0n) is 6.29. The third kappa shape index (κ3) is 2.35. The number of hydrogen-bond acceptors (Lipinski definition) is 3. The van der Waals surface area contributed by atoms with Gasteiger partial charge in [-0.3, -0.25) is 4.79 Å². The van der Waals surface area contributed by atoms with Gasteiger partial charge in [-0.05, 0) is 6.92 Å². The first-order valence-electron chi connectivity index (χ1n) is 3.49. The minimum Gasteiger partial charge on any atom is -0.466 e. The molecule has 0 aliphatic carbocycles. The van der Waals surface area contributed by atoms with Crippen LogP contribution in [0.15, 0.2) is 0 Å². The predicted octanol–water partition coefficient (Wildman–Crippen LogP) is 0.727. The van der Waals surface area contributed by atoms with Crippen molar-refractivity contribution in [2.24, 2.45) is 0 Å². The number of ether oxygens (including phenoxy) is 2. The average molecular weight is 144 g/mol. The molecule has 3 nitrogen and oxygen atoms in total. The quantitative estimate of drug-likeness (QED) is 0.433. The summed E-state index contributed by atoms with van der Waals surface area (Å²) in [7, 11) is 0. The zero-order valence-corrected chi connectivity index (χ0v) is 6.29. The number of rotatable bonds is 3. The Labute approximate surface area is 60.3 Å². The second-order valence-corrected chi connectivity index (χ2v) is 2.51. The van der Waals surface area contributed by atoms with Gasteiger partial charge in [-0.15, -0.1) is 0 Å². The highest BCUT2D eigenvalue weighted by molar-refractivity contribution is 5.65. The third-order valence-corrected chi connectivity index (χ3v) is 1.54. The highest BCUT2D eigenvalue weighted by Gasteiger charge is 2.33. The maximum atomic E-state index is 10.3. The van der Waals surface area contributed by atoms with Crippen LogP contribution in [0.25, 0.3) is 0 Å². The van der Waals surface area contributed by atoms with Crippen molar-refractivity contribution in [1.29, 1.82) is 0 Å². The fraction of sp³-hybridized carbons (Fsp3) is 0.857. The molecule has 0 N–H and O–H groups in total. The Bertz CT molecular complexity index is 133. The monoisotopic (exact) mass is 144 g/mol. The summed E-state index contributed by atoms with van der Waals surface area (Å²) in [5, 5.41) is 0. The largest absolute Gasteiger partial charge is 0.466 e. The van der Waals surface area contributed by atoms with Crippen molar-refractivity contribution in [2.75, 3.05) is 6.61 Å². The fourth-order valence-electron chi connectivity index (χ4n) is 0.852. The van der Waals surface area contributed by atoms with Crippen LogP contribution in [0.5, 0.6) is 0 Å². The van der Waals surface area contributed by atoms with Gasteiger partial charge in [0, 0.05) is 13.3 Å². The van der Waals surface area contributed by atoms with Crippen molar-refractivity contribution in [2.45, 2.75) is 32.5 Å². The van der Waals surface area contributed by atoms with Crippen molar-refractivity contribution in [3.8, 4) is 0 Å². The first-order valence-corrected chi connectivity index (χ1v) is 3.49. The van der Waals surface area contributed by atoms with Crippen LogP contribution in [0.1, 0.15) is 20.3 Å². The molecule has 0 saturated carbocycles. The number of hydrogen-bond donors (Lipinski definition) is 0. The first-order chi connectivity index (χ1) is 4.70. The van der Waals surface area contributed by atoms with Crippen molar-refractivity contribution in [3.63, 3.8) is 0 Å². The van der Waals surface area contributed by atoms with Gasteiger partial charge < -0.3 is 9.47 Å². The molecule has 2 atom stereocenters. The fourth-order valence-corrected chi connectivity index (χ4v) is 0.852. The predicted molar refractivity (Wildman–Crippen MR) is 35.6 cm³/mol. The Hall–Kier alpha value is -0.570. The molecule has 0 aromatic carbocycles. The molecule has 1 fully saturated rings. The molecule has 1 heterocycles. The van der Waals surface area contributed by atoms with Gasteiger partial charge in [-0.25, -0.2) is 0 Å². The van der Waals surface area contributed by atoms with Crippen LogP contribution >= 0.6 is 0 Å². The van der Waals surface area contributed by atoms with Crippen LogP contribution in [0, 0.1) is 0 Å². The molecular weight excluding hydrogens is 132 g/mol. The van der Waals surface area contributed by atoms with Crippen LogP contribution < -0.4 is 0 Å². The summed E-state index contributed by atoms with van der Waals surface area (Å²) in [6, 6.07) is 0. The van der Waals surface area contributed by atoms with E-state index >= 15 is 0 Å². The second-order valence-electron chi connectivity index (χ2n) is 2.51. The molecule has 0 aromatic rings. The molecule has 58 valence electrons. The molecule has 10 heavy (non-hydrogen) atoms. The summed E-state index contributed by atoms with van der Waals surface area (Å²) in [5.41, 5.74) is 0. The standard InChI is InChI=1S/C7H12O3/c1-5-7(10-5)3-4-9-6(2)8/h5,7H,3-4H2,1-2H3. The smallest absolute Gasteiger partial charge is 0.302 e. The minimum absolute atomic E-state index is 0.215. The lowest BCUT2D eigenvalue weighted by atomic mass is 10.3. The Morgan fingerprint density at radius 1 is 1.70 bits per heavy atom. The van der Waals surface area contributed by atoms with E-state index in [0.29, 0.717) is 18.8 Å². The van der Waals surface area contributed by atoms with Crippen molar-refractivity contribution < 1.29 is 14.3 Å². The van der Waals surface area contributed by atoms with E-state index in [4.69, 9.17) is 9.47 Å². The molecule has 1 saturated heterocycles. The Kier molecular flexibility index (Phi) is 2.27. The van der Waals surface area contributed by atoms with E-state index in [2.05, 4.69) is 0 Å². The molecule has 0 spiro atoms. The summed E-state index contributed by atoms with van der Waals surface area (Å²) in [4.78, 5) is 10.3. The molecule has 1 aliphatic rings. The zero-order chi connectivity index (χ0) is 7.56. The Morgan fingerprint density at radius 2 is 2.30 bits per heavy atom. The van der Waals surface area contributed by atoms with Crippen LogP contribution in [-0.4, -0.2) is 24.8 Å². The van der Waals surface area contributed by atoms with E-state index in [1.807, 2.05) is 6.92 Å². The van der Waals surface area contributed by atoms with Crippen LogP contribution in [0.4, 0.5) is 0 Å². The van der Waals surface area contributed by atoms with Gasteiger partial charge in [-0.2, -0.15) is 0 Å². The summed E-state index contributed by atoms with van der Waals surface area (Å²) < 4.78 is 9.83. The van der Waals surface area contributed by atoms with E-state index in [1.54, 1.807) is 0 Å². The number of epoxide rings is 1. The molecule has 2 unspecified atom stereocenters. The number of carbonyl (C=O) groups excluding carboxylic acids is 1. The second kappa shape index (κ2) is 3.01. The SMILES string of the molecule is CC(=O)OCCC1OC1C. The van der Waals surface area contributed by atoms with E-state index < -0.39 is 0 Å². The maximum absolute atomic E-state index is 10.3. The van der Waals surface area contributed by atoms with E-state index in [9.17, 15) is 4.79 Å². The Morgan fingerprint density at radius 3 is 2.70 bits per heavy atom. The highest BCUT2D eigenvalue weighted by Crippen LogP contribution is 2.23. The van der Waals surface area contributed by atoms with Gasteiger partial charge in [0.25, 0.3) is 0 Å². The third-order valence-electron chi connectivity index (χ3n) is 1.54. The lowest BCUT2D eigenvalue weighted by Gasteiger charge is -1.96. The van der Waals surface area contributed by atoms with E-state index in [1.165, 1.54) is 6.92 Å². The molecule has 0 bridgehead atoms. The first kappa shape index (κ1) is 7.54. The summed E-state index contributed by atoms with van der Waals surface area (Å²) in [6.07, 6.45) is 1.54. The van der Waals surface area contributed by atoms with E-state index in [-0.39, 0.29) is 5.97 Å². The summed E-state index contributed by atoms with van der Waals surface area (Å²) in [6.45, 7) is 3.92. The van der Waals surface area contributed by atoms with Crippen LogP contribution in [0.2, 0.25) is 0 Å². The van der Waals surface area contributed by atoms with Gasteiger partial charge >= 0.3 is 5.97 Å². The van der Waals surface area contributed by atoms with Crippen molar-refractivity contribution >= 4 is 5.97 Å². The van der Waals surface area contributed by atoms with Gasteiger partial charge in [-0.1, -0.05) is 0 Å². The summed E-state index contributed by atoms with van der Waals surface area (Å²) in [5.74, 6) is -0.215. The number of esters is 1. The molecule has 0 radical (unpaired) electrons. The van der Waals surface area contributed by atoms with Gasteiger partial charge in [0.1, 0.15) is 0 Å². The van der Waals surface area contributed by atoms with Crippen molar-refractivity contribution in [3.05, 3.63) is 0 Å². The lowest BCUT2D eigenvalue weighted by molar-refractivity contribution is -0.141. The van der Waals surface area contributed by atoms with Gasteiger partial charge in [0.2, 0.25) is 0 Å². The molecule has 1 aliphatic heterocycles. The number of carbonyl (C=O) groups is 1. The molecular formula is C7H12O3. The lowest BCUT2D eigenvalue weighted by Crippen LogP contribution is -2.03. The minimum atomic E-state index is -0.215. The van der Waals surface area contributed by atoms with Gasteiger partial charge in [0.05, 0.1) is 18.8 Å². The highest BCUT2D eigenvalue weighted by atomic mass is 16.6. The van der Waals surface area contributed by atoms with Crippen LogP contribution in [-0.2, 0) is 14.3 Å². The Balaban J connectivity index is 1.91. The summed E-state index contributed by atoms with van der Waals surface area (Å²) >= 11 is 0. The molecule has 1 rings (SSSR count). The molecule has 0 amide bonds. The normalized spacial score (nSPS) is 29.8. The van der Waals surface area contributed by atoms with Crippen molar-refractivity contribution in [1.82, 2.24) is 0 Å². The maximum Gasteiger partial charge on any atom is 0.302 e.